The topological polar surface area (TPSA) is 34.4 Å². The first-order valence-corrected chi connectivity index (χ1v) is 5.98. The minimum absolute atomic E-state index is 0.199. The fourth-order valence-electron chi connectivity index (χ4n) is 1.28. The molecule has 0 aliphatic heterocycles. The van der Waals surface area contributed by atoms with Crippen molar-refractivity contribution in [2.75, 3.05) is 13.2 Å². The van der Waals surface area contributed by atoms with Crippen LogP contribution in [0.1, 0.15) is 32.6 Å². The number of ether oxygens (including phenoxy) is 1. The Balaban J connectivity index is 2.25. The highest BCUT2D eigenvalue weighted by Gasteiger charge is 2.11. The van der Waals surface area contributed by atoms with E-state index in [1.165, 1.54) is 0 Å². The summed E-state index contributed by atoms with van der Waals surface area (Å²) in [5.41, 5.74) is 0. The molecule has 1 heterocycles. The zero-order valence-corrected chi connectivity index (χ0v) is 11.0. The van der Waals surface area contributed by atoms with Crippen LogP contribution in [0.3, 0.4) is 0 Å². The first-order valence-electron chi connectivity index (χ1n) is 5.19. The van der Waals surface area contributed by atoms with Crippen LogP contribution in [0.5, 0.6) is 0 Å². The summed E-state index contributed by atoms with van der Waals surface area (Å²) in [6.45, 7) is 7.69. The molecular formula is C11H18BrNO2. The van der Waals surface area contributed by atoms with Gasteiger partial charge in [0.05, 0.1) is 29.5 Å². The van der Waals surface area contributed by atoms with Crippen LogP contribution in [0.25, 0.3) is 0 Å². The van der Waals surface area contributed by atoms with Crippen molar-refractivity contribution >= 4 is 15.9 Å². The van der Waals surface area contributed by atoms with Gasteiger partial charge in [0.15, 0.2) is 0 Å². The average Bonchev–Trinajstić information content (AvgIpc) is 2.58. The van der Waals surface area contributed by atoms with Gasteiger partial charge in [0.1, 0.15) is 5.76 Å². The standard InChI is InChI=1S/C11H18BrNO2/c1-8(2)14-7-5-13-9(3)11-10(12)4-6-15-11/h4,6,8-9,13H,5,7H2,1-3H3. The second kappa shape index (κ2) is 6.30. The summed E-state index contributed by atoms with van der Waals surface area (Å²) in [7, 11) is 0. The molecule has 4 heteroatoms. The molecular weight excluding hydrogens is 258 g/mol. The highest BCUT2D eigenvalue weighted by molar-refractivity contribution is 9.10. The summed E-state index contributed by atoms with van der Waals surface area (Å²) in [4.78, 5) is 0. The molecule has 1 aromatic rings. The molecule has 1 rings (SSSR count). The quantitative estimate of drug-likeness (QED) is 0.811. The largest absolute Gasteiger partial charge is 0.466 e. The Morgan fingerprint density at radius 1 is 1.47 bits per heavy atom. The molecule has 0 fully saturated rings. The molecule has 0 aliphatic carbocycles. The number of hydrogen-bond acceptors (Lipinski definition) is 3. The third-order valence-corrected chi connectivity index (χ3v) is 2.70. The van der Waals surface area contributed by atoms with Crippen LogP contribution in [-0.2, 0) is 4.74 Å². The molecule has 1 aromatic heterocycles. The van der Waals surface area contributed by atoms with E-state index < -0.39 is 0 Å². The van der Waals surface area contributed by atoms with Gasteiger partial charge < -0.3 is 14.5 Å². The minimum atomic E-state index is 0.199. The van der Waals surface area contributed by atoms with Gasteiger partial charge in [0.25, 0.3) is 0 Å². The Labute approximate surface area is 99.3 Å². The minimum Gasteiger partial charge on any atom is -0.466 e. The summed E-state index contributed by atoms with van der Waals surface area (Å²) < 4.78 is 11.8. The smallest absolute Gasteiger partial charge is 0.134 e. The molecule has 3 nitrogen and oxygen atoms in total. The number of hydrogen-bond donors (Lipinski definition) is 1. The number of halogens is 1. The third kappa shape index (κ3) is 4.36. The lowest BCUT2D eigenvalue weighted by Crippen LogP contribution is -2.24. The lowest BCUT2D eigenvalue weighted by Gasteiger charge is -2.13. The van der Waals surface area contributed by atoms with Crippen LogP contribution in [-0.4, -0.2) is 19.3 Å². The lowest BCUT2D eigenvalue weighted by molar-refractivity contribution is 0.0792. The SMILES string of the molecule is CC(C)OCCNC(C)c1occc1Br. The van der Waals surface area contributed by atoms with Crippen LogP contribution in [0.15, 0.2) is 21.2 Å². The zero-order chi connectivity index (χ0) is 11.3. The zero-order valence-electron chi connectivity index (χ0n) is 9.42. The monoisotopic (exact) mass is 275 g/mol. The Morgan fingerprint density at radius 3 is 2.73 bits per heavy atom. The molecule has 0 radical (unpaired) electrons. The Hall–Kier alpha value is -0.320. The van der Waals surface area contributed by atoms with E-state index in [2.05, 4.69) is 28.2 Å². The van der Waals surface area contributed by atoms with E-state index in [0.29, 0.717) is 0 Å². The highest BCUT2D eigenvalue weighted by Crippen LogP contribution is 2.23. The molecule has 0 aromatic carbocycles. The maximum atomic E-state index is 5.43. The molecule has 0 aliphatic rings. The van der Waals surface area contributed by atoms with Crippen LogP contribution in [0.4, 0.5) is 0 Å². The summed E-state index contributed by atoms with van der Waals surface area (Å²) in [6, 6.07) is 2.10. The highest BCUT2D eigenvalue weighted by atomic mass is 79.9. The molecule has 1 atom stereocenters. The predicted octanol–water partition coefficient (Wildman–Crippen LogP) is 3.12. The molecule has 1 unspecified atom stereocenters. The maximum Gasteiger partial charge on any atom is 0.134 e. The van der Waals surface area contributed by atoms with Crippen LogP contribution < -0.4 is 5.32 Å². The summed E-state index contributed by atoms with van der Waals surface area (Å²) in [6.07, 6.45) is 1.97. The first-order chi connectivity index (χ1) is 7.11. The van der Waals surface area contributed by atoms with Crippen LogP contribution in [0, 0.1) is 0 Å². The van der Waals surface area contributed by atoms with Crippen molar-refractivity contribution in [3.05, 3.63) is 22.6 Å². The van der Waals surface area contributed by atoms with Gasteiger partial charge in [-0.25, -0.2) is 0 Å². The van der Waals surface area contributed by atoms with Crippen molar-refractivity contribution in [1.82, 2.24) is 5.32 Å². The Morgan fingerprint density at radius 2 is 2.20 bits per heavy atom. The van der Waals surface area contributed by atoms with Gasteiger partial charge in [-0.15, -0.1) is 0 Å². The molecule has 15 heavy (non-hydrogen) atoms. The van der Waals surface area contributed by atoms with E-state index in [-0.39, 0.29) is 12.1 Å². The van der Waals surface area contributed by atoms with E-state index in [0.717, 1.165) is 23.4 Å². The number of nitrogens with one attached hydrogen (secondary N) is 1. The Kier molecular flexibility index (Phi) is 5.36. The van der Waals surface area contributed by atoms with Gasteiger partial charge in [-0.3, -0.25) is 0 Å². The van der Waals surface area contributed by atoms with Gasteiger partial charge in [0.2, 0.25) is 0 Å². The Bertz CT molecular complexity index is 286. The molecule has 0 saturated carbocycles. The van der Waals surface area contributed by atoms with E-state index in [9.17, 15) is 0 Å². The number of furan rings is 1. The second-order valence-electron chi connectivity index (χ2n) is 3.73. The van der Waals surface area contributed by atoms with E-state index in [4.69, 9.17) is 9.15 Å². The van der Waals surface area contributed by atoms with Gasteiger partial charge in [-0.05, 0) is 42.8 Å². The lowest BCUT2D eigenvalue weighted by atomic mass is 10.2. The molecule has 0 saturated heterocycles. The van der Waals surface area contributed by atoms with Crippen molar-refractivity contribution in [2.24, 2.45) is 0 Å². The first kappa shape index (κ1) is 12.7. The van der Waals surface area contributed by atoms with Crippen molar-refractivity contribution < 1.29 is 9.15 Å². The third-order valence-electron chi connectivity index (χ3n) is 2.04. The molecule has 0 amide bonds. The normalized spacial score (nSPS) is 13.4. The van der Waals surface area contributed by atoms with Gasteiger partial charge in [-0.2, -0.15) is 0 Å². The molecule has 86 valence electrons. The van der Waals surface area contributed by atoms with E-state index in [1.807, 2.05) is 19.9 Å². The maximum absolute atomic E-state index is 5.43. The summed E-state index contributed by atoms with van der Waals surface area (Å²) in [5.74, 6) is 0.930. The van der Waals surface area contributed by atoms with Crippen molar-refractivity contribution in [3.8, 4) is 0 Å². The number of rotatable bonds is 6. The van der Waals surface area contributed by atoms with Gasteiger partial charge >= 0.3 is 0 Å². The van der Waals surface area contributed by atoms with Gasteiger partial charge in [-0.1, -0.05) is 0 Å². The average molecular weight is 276 g/mol. The van der Waals surface area contributed by atoms with Gasteiger partial charge in [0, 0.05) is 6.54 Å². The van der Waals surface area contributed by atoms with Crippen molar-refractivity contribution in [3.63, 3.8) is 0 Å². The summed E-state index contributed by atoms with van der Waals surface area (Å²) >= 11 is 3.43. The molecule has 0 bridgehead atoms. The fraction of sp³-hybridized carbons (Fsp3) is 0.636. The molecule has 0 spiro atoms. The molecule has 1 N–H and O–H groups in total. The van der Waals surface area contributed by atoms with Crippen molar-refractivity contribution in [2.45, 2.75) is 32.9 Å². The second-order valence-corrected chi connectivity index (χ2v) is 4.58. The predicted molar refractivity (Wildman–Crippen MR) is 63.9 cm³/mol. The van der Waals surface area contributed by atoms with Crippen LogP contribution in [0.2, 0.25) is 0 Å². The van der Waals surface area contributed by atoms with E-state index in [1.54, 1.807) is 6.26 Å². The van der Waals surface area contributed by atoms with Crippen LogP contribution >= 0.6 is 15.9 Å². The van der Waals surface area contributed by atoms with E-state index >= 15 is 0 Å². The fourth-order valence-corrected chi connectivity index (χ4v) is 1.82. The van der Waals surface area contributed by atoms with Crippen molar-refractivity contribution in [1.29, 1.82) is 0 Å². The summed E-state index contributed by atoms with van der Waals surface area (Å²) in [5, 5.41) is 3.33.